The van der Waals surface area contributed by atoms with Gasteiger partial charge in [-0.15, -0.1) is 0 Å². The first-order valence-electron chi connectivity index (χ1n) is 13.3. The third-order valence-corrected chi connectivity index (χ3v) is 8.55. The van der Waals surface area contributed by atoms with Gasteiger partial charge in [-0.3, -0.25) is 24.1 Å². The quantitative estimate of drug-likeness (QED) is 0.275. The van der Waals surface area contributed by atoms with E-state index in [4.69, 9.17) is 5.73 Å². The Morgan fingerprint density at radius 1 is 1.10 bits per heavy atom. The Morgan fingerprint density at radius 2 is 1.71 bits per heavy atom. The van der Waals surface area contributed by atoms with E-state index in [0.717, 1.165) is 0 Å². The van der Waals surface area contributed by atoms with Crippen molar-refractivity contribution in [3.05, 3.63) is 45.9 Å². The summed E-state index contributed by atoms with van der Waals surface area (Å²) in [5.74, 6) is -7.04. The predicted octanol–water partition coefficient (Wildman–Crippen LogP) is 0.719. The lowest BCUT2D eigenvalue weighted by atomic mass is 9.52. The number of carbonyl (C=O) groups excluding carboxylic acids is 4. The molecule has 1 aromatic carbocycles. The van der Waals surface area contributed by atoms with E-state index >= 15 is 0 Å². The van der Waals surface area contributed by atoms with Crippen molar-refractivity contribution in [2.45, 2.75) is 45.3 Å². The molecule has 222 valence electrons. The average Bonchev–Trinajstić information content (AvgIpc) is 2.83. The summed E-state index contributed by atoms with van der Waals surface area (Å²) < 4.78 is 0. The molecule has 12 nitrogen and oxygen atoms in total. The fourth-order valence-corrected chi connectivity index (χ4v) is 6.58. The minimum absolute atomic E-state index is 0.0356. The summed E-state index contributed by atoms with van der Waals surface area (Å²) in [5, 5.41) is 48.5. The highest BCUT2D eigenvalue weighted by Crippen LogP contribution is 2.58. The van der Waals surface area contributed by atoms with Crippen LogP contribution in [0.3, 0.4) is 0 Å². The van der Waals surface area contributed by atoms with Gasteiger partial charge >= 0.3 is 0 Å². The van der Waals surface area contributed by atoms with Crippen molar-refractivity contribution in [3.8, 4) is 5.75 Å². The Kier molecular flexibility index (Phi) is 7.03. The first kappa shape index (κ1) is 30.1. The molecule has 12 heteroatoms. The summed E-state index contributed by atoms with van der Waals surface area (Å²) >= 11 is 0. The van der Waals surface area contributed by atoms with Crippen molar-refractivity contribution in [1.82, 2.24) is 10.2 Å². The zero-order valence-corrected chi connectivity index (χ0v) is 24.3. The number of likely N-dealkylation sites (N-methyl/N-ethyl adjacent to an activating group) is 1. The number of nitrogens with two attached hydrogens (primary N) is 1. The fourth-order valence-electron chi connectivity index (χ4n) is 6.58. The van der Waals surface area contributed by atoms with Gasteiger partial charge in [0.1, 0.15) is 22.8 Å². The van der Waals surface area contributed by atoms with E-state index in [1.54, 1.807) is 59.9 Å². The molecule has 2 amide bonds. The predicted molar refractivity (Wildman–Crippen MR) is 149 cm³/mol. The number of nitrogens with one attached hydrogen (secondary N) is 1. The highest BCUT2D eigenvalue weighted by atomic mass is 16.3. The van der Waals surface area contributed by atoms with Crippen LogP contribution < -0.4 is 16.0 Å². The molecule has 0 saturated carbocycles. The first-order chi connectivity index (χ1) is 18.8. The van der Waals surface area contributed by atoms with Crippen LogP contribution in [0.4, 0.5) is 5.69 Å². The van der Waals surface area contributed by atoms with Crippen molar-refractivity contribution in [1.29, 1.82) is 0 Å². The lowest BCUT2D eigenvalue weighted by Gasteiger charge is -2.54. The number of fused-ring (bicyclic) bond motifs is 3. The molecular weight excluding hydrogens is 532 g/mol. The van der Waals surface area contributed by atoms with E-state index < -0.39 is 63.0 Å². The molecule has 7 N–H and O–H groups in total. The maximum atomic E-state index is 14.2. The maximum Gasteiger partial charge on any atom is 0.255 e. The average molecular weight is 571 g/mol. The minimum Gasteiger partial charge on any atom is -0.510 e. The van der Waals surface area contributed by atoms with E-state index in [1.807, 2.05) is 0 Å². The van der Waals surface area contributed by atoms with E-state index in [9.17, 15) is 39.6 Å². The Labute approximate surface area is 238 Å². The number of Topliss-reactive ketones (excluding diaryl/α,β-unsaturated/α-hetero) is 2. The van der Waals surface area contributed by atoms with Gasteiger partial charge in [0.05, 0.1) is 11.6 Å². The number of phenolic OH excluding ortho intramolecular Hbond substituents is 1. The number of hydrogen-bond donors (Lipinski definition) is 6. The van der Waals surface area contributed by atoms with Gasteiger partial charge in [0.2, 0.25) is 11.7 Å². The molecule has 4 rings (SSSR count). The van der Waals surface area contributed by atoms with E-state index in [1.165, 1.54) is 11.0 Å². The third kappa shape index (κ3) is 4.27. The van der Waals surface area contributed by atoms with Crippen molar-refractivity contribution in [2.24, 2.45) is 22.5 Å². The molecule has 4 atom stereocenters. The third-order valence-electron chi connectivity index (χ3n) is 8.55. The molecule has 3 aliphatic carbocycles. The lowest BCUT2D eigenvalue weighted by molar-refractivity contribution is -0.150. The standard InChI is InChI=1S/C29H38N4O8/c1-27(2,3)26(40)31-12-28-10-13-15(32(4)5)8-9-16(34)17(13)21(35)19(28)24(38)29(41)14(11-28)20(33(6)7)22(36)18(23(29)37)25(30)39/h8-9,14,20,34,36,38,41H,10-12H2,1-7H3,(H2,30,39)(H,31,40)/t14-,20-,28-,29+/m0/s1. The number of rotatable bonds is 5. The Hall–Kier alpha value is -3.90. The normalized spacial score (nSPS) is 27.8. The lowest BCUT2D eigenvalue weighted by Crippen LogP contribution is -2.66. The Bertz CT molecular complexity index is 1440. The molecule has 0 aliphatic heterocycles. The van der Waals surface area contributed by atoms with Gasteiger partial charge in [-0.1, -0.05) is 20.8 Å². The minimum atomic E-state index is -2.79. The van der Waals surface area contributed by atoms with Crippen molar-refractivity contribution < 1.29 is 39.6 Å². The Morgan fingerprint density at radius 3 is 2.22 bits per heavy atom. The molecule has 0 unspecified atom stereocenters. The topological polar surface area (TPSA) is 194 Å². The zero-order chi connectivity index (χ0) is 31.0. The molecular formula is C29H38N4O8. The van der Waals surface area contributed by atoms with Crippen LogP contribution in [0, 0.1) is 16.7 Å². The zero-order valence-electron chi connectivity index (χ0n) is 24.3. The van der Waals surface area contributed by atoms with Crippen LogP contribution >= 0.6 is 0 Å². The summed E-state index contributed by atoms with van der Waals surface area (Å²) in [5.41, 5.74) is 0.221. The van der Waals surface area contributed by atoms with Gasteiger partial charge in [-0.2, -0.15) is 0 Å². The number of anilines is 1. The summed E-state index contributed by atoms with van der Waals surface area (Å²) in [6.07, 6.45) is -0.125. The largest absolute Gasteiger partial charge is 0.510 e. The number of aliphatic hydroxyl groups excluding tert-OH is 2. The van der Waals surface area contributed by atoms with Crippen molar-refractivity contribution in [3.63, 3.8) is 0 Å². The van der Waals surface area contributed by atoms with Crippen LogP contribution in [0.1, 0.15) is 43.1 Å². The van der Waals surface area contributed by atoms with Gasteiger partial charge in [-0.05, 0) is 44.6 Å². The summed E-state index contributed by atoms with van der Waals surface area (Å²) in [6, 6.07) is 1.84. The first-order valence-corrected chi connectivity index (χ1v) is 13.3. The fraction of sp³-hybridized carbons (Fsp3) is 0.517. The van der Waals surface area contributed by atoms with Crippen LogP contribution in [-0.2, 0) is 20.8 Å². The molecule has 0 spiro atoms. The number of ketones is 2. The van der Waals surface area contributed by atoms with E-state index in [-0.39, 0.29) is 42.2 Å². The highest BCUT2D eigenvalue weighted by Gasteiger charge is 2.66. The van der Waals surface area contributed by atoms with E-state index in [2.05, 4.69) is 5.32 Å². The number of aliphatic hydroxyl groups is 3. The van der Waals surface area contributed by atoms with Crippen molar-refractivity contribution >= 4 is 29.1 Å². The monoisotopic (exact) mass is 570 g/mol. The Balaban J connectivity index is 2.06. The molecule has 0 heterocycles. The number of phenols is 1. The second-order valence-corrected chi connectivity index (χ2v) is 12.7. The summed E-state index contributed by atoms with van der Waals surface area (Å²) in [7, 11) is 6.65. The van der Waals surface area contributed by atoms with Crippen LogP contribution in [0.2, 0.25) is 0 Å². The molecule has 0 fully saturated rings. The molecule has 1 aromatic rings. The van der Waals surface area contributed by atoms with Gasteiger partial charge < -0.3 is 36.4 Å². The summed E-state index contributed by atoms with van der Waals surface area (Å²) in [4.78, 5) is 56.4. The van der Waals surface area contributed by atoms with Crippen LogP contribution in [0.25, 0.3) is 0 Å². The van der Waals surface area contributed by atoms with Gasteiger partial charge in [0.25, 0.3) is 5.91 Å². The molecule has 41 heavy (non-hydrogen) atoms. The smallest absolute Gasteiger partial charge is 0.255 e. The number of hydrogen-bond acceptors (Lipinski definition) is 10. The molecule has 3 aliphatic rings. The number of primary amides is 1. The molecule has 0 saturated heterocycles. The maximum absolute atomic E-state index is 14.2. The number of benzene rings is 1. The number of amides is 2. The second kappa shape index (κ2) is 9.59. The number of carbonyl (C=O) groups is 4. The van der Waals surface area contributed by atoms with Crippen LogP contribution in [-0.4, -0.2) is 95.1 Å². The highest BCUT2D eigenvalue weighted by molar-refractivity contribution is 6.25. The van der Waals surface area contributed by atoms with Gasteiger partial charge in [0, 0.05) is 48.6 Å². The van der Waals surface area contributed by atoms with Gasteiger partial charge in [0.15, 0.2) is 11.4 Å². The number of aromatic hydroxyl groups is 1. The van der Waals surface area contributed by atoms with Crippen molar-refractivity contribution in [2.75, 3.05) is 39.6 Å². The van der Waals surface area contributed by atoms with Gasteiger partial charge in [-0.25, -0.2) is 0 Å². The van der Waals surface area contributed by atoms with E-state index in [0.29, 0.717) is 11.3 Å². The molecule has 0 aromatic heterocycles. The molecule has 0 radical (unpaired) electrons. The summed E-state index contributed by atoms with van der Waals surface area (Å²) in [6.45, 7) is 4.98. The SMILES string of the molecule is CN(C)c1ccc(O)c2c1C[C@@]1(CNC(=O)C(C)(C)C)C[C@H]3[C@H](N(C)C)C(O)=C(C(N)=O)C(=O)[C@@]3(O)C(O)=C1C2=O. The second-order valence-electron chi connectivity index (χ2n) is 12.7. The number of nitrogens with zero attached hydrogens (tertiary/aromatic N) is 2. The van der Waals surface area contributed by atoms with Crippen LogP contribution in [0.5, 0.6) is 5.75 Å². The van der Waals surface area contributed by atoms with Crippen LogP contribution in [0.15, 0.2) is 34.8 Å². The molecule has 0 bridgehead atoms.